The average molecular weight is 345 g/mol. The molecule has 4 aromatic rings. The number of anilines is 1. The molecule has 7 nitrogen and oxygen atoms in total. The third kappa shape index (κ3) is 2.98. The first-order chi connectivity index (χ1) is 12.7. The van der Waals surface area contributed by atoms with Gasteiger partial charge >= 0.3 is 6.01 Å². The number of rotatable bonds is 4. The summed E-state index contributed by atoms with van der Waals surface area (Å²) in [7, 11) is 1.47. The van der Waals surface area contributed by atoms with Crippen LogP contribution < -0.4 is 10.5 Å². The van der Waals surface area contributed by atoms with Crippen molar-refractivity contribution in [3.8, 4) is 40.0 Å². The standard InChI is InChI=1S/C19H15N5O2/c1-25-19-21-11-15(16(20)22-19)17-23-18(26-24-17)14-9-7-13(8-10-14)12-5-3-2-4-6-12/h2-11H,1H3,(H2,20,21,22). The van der Waals surface area contributed by atoms with Crippen molar-refractivity contribution in [1.82, 2.24) is 20.1 Å². The normalized spacial score (nSPS) is 10.7. The number of nitrogen functional groups attached to an aromatic ring is 1. The number of aromatic nitrogens is 4. The molecule has 2 N–H and O–H groups in total. The van der Waals surface area contributed by atoms with Crippen LogP contribution >= 0.6 is 0 Å². The number of nitrogens with two attached hydrogens (primary N) is 1. The minimum Gasteiger partial charge on any atom is -0.467 e. The van der Waals surface area contributed by atoms with Gasteiger partial charge in [0, 0.05) is 11.8 Å². The summed E-state index contributed by atoms with van der Waals surface area (Å²) in [5.74, 6) is 0.950. The van der Waals surface area contributed by atoms with E-state index in [0.717, 1.165) is 16.7 Å². The maximum atomic E-state index is 5.91. The molecule has 7 heteroatoms. The second kappa shape index (κ2) is 6.64. The molecule has 0 saturated heterocycles. The lowest BCUT2D eigenvalue weighted by atomic mass is 10.0. The van der Waals surface area contributed by atoms with Gasteiger partial charge in [-0.1, -0.05) is 47.6 Å². The van der Waals surface area contributed by atoms with Crippen LogP contribution in [-0.2, 0) is 0 Å². The highest BCUT2D eigenvalue weighted by molar-refractivity contribution is 5.70. The predicted octanol–water partition coefficient (Wildman–Crippen LogP) is 3.45. The van der Waals surface area contributed by atoms with E-state index in [1.165, 1.54) is 13.3 Å². The Hall–Kier alpha value is -3.74. The van der Waals surface area contributed by atoms with Gasteiger partial charge in [0.1, 0.15) is 5.82 Å². The molecule has 4 rings (SSSR count). The van der Waals surface area contributed by atoms with Gasteiger partial charge in [0.2, 0.25) is 5.82 Å². The largest absolute Gasteiger partial charge is 0.467 e. The summed E-state index contributed by atoms with van der Waals surface area (Å²) < 4.78 is 10.3. The van der Waals surface area contributed by atoms with E-state index in [1.807, 2.05) is 42.5 Å². The van der Waals surface area contributed by atoms with E-state index in [4.69, 9.17) is 15.0 Å². The lowest BCUT2D eigenvalue weighted by molar-refractivity contribution is 0.380. The van der Waals surface area contributed by atoms with E-state index in [2.05, 4.69) is 32.2 Å². The number of nitrogens with zero attached hydrogens (tertiary/aromatic N) is 4. The quantitative estimate of drug-likeness (QED) is 0.604. The van der Waals surface area contributed by atoms with Gasteiger partial charge in [-0.15, -0.1) is 0 Å². The van der Waals surface area contributed by atoms with Crippen molar-refractivity contribution in [2.45, 2.75) is 0 Å². The van der Waals surface area contributed by atoms with Crippen LogP contribution in [0.3, 0.4) is 0 Å². The van der Waals surface area contributed by atoms with Gasteiger partial charge in [-0.25, -0.2) is 4.98 Å². The molecule has 2 heterocycles. The van der Waals surface area contributed by atoms with Crippen molar-refractivity contribution >= 4 is 5.82 Å². The third-order valence-corrected chi connectivity index (χ3v) is 3.88. The van der Waals surface area contributed by atoms with Gasteiger partial charge in [0.25, 0.3) is 5.89 Å². The molecule has 0 spiro atoms. The monoisotopic (exact) mass is 345 g/mol. The van der Waals surface area contributed by atoms with E-state index >= 15 is 0 Å². The van der Waals surface area contributed by atoms with E-state index < -0.39 is 0 Å². The third-order valence-electron chi connectivity index (χ3n) is 3.88. The van der Waals surface area contributed by atoms with Crippen molar-refractivity contribution in [3.63, 3.8) is 0 Å². The van der Waals surface area contributed by atoms with Crippen molar-refractivity contribution in [3.05, 3.63) is 60.8 Å². The highest BCUT2D eigenvalue weighted by Gasteiger charge is 2.15. The summed E-state index contributed by atoms with van der Waals surface area (Å²) in [6.45, 7) is 0. The highest BCUT2D eigenvalue weighted by atomic mass is 16.5. The molecule has 0 aliphatic carbocycles. The fourth-order valence-corrected chi connectivity index (χ4v) is 2.53. The highest BCUT2D eigenvalue weighted by Crippen LogP contribution is 2.27. The first-order valence-electron chi connectivity index (χ1n) is 7.91. The molecule has 26 heavy (non-hydrogen) atoms. The maximum absolute atomic E-state index is 5.91. The SMILES string of the molecule is COc1ncc(-c2noc(-c3ccc(-c4ccccc4)cc3)n2)c(N)n1. The number of methoxy groups -OCH3 is 1. The number of hydrogen-bond acceptors (Lipinski definition) is 7. The van der Waals surface area contributed by atoms with Crippen molar-refractivity contribution in [2.75, 3.05) is 12.8 Å². The van der Waals surface area contributed by atoms with Crippen LogP contribution in [0.25, 0.3) is 34.0 Å². The Labute approximate surface area is 149 Å². The summed E-state index contributed by atoms with van der Waals surface area (Å²) in [5, 5.41) is 3.97. The molecule has 0 fully saturated rings. The molecular weight excluding hydrogens is 330 g/mol. The Morgan fingerprint density at radius 3 is 2.27 bits per heavy atom. The van der Waals surface area contributed by atoms with Crippen molar-refractivity contribution in [1.29, 1.82) is 0 Å². The molecule has 0 amide bonds. The summed E-state index contributed by atoms with van der Waals surface area (Å²) in [6, 6.07) is 18.2. The topological polar surface area (TPSA) is 100.0 Å². The van der Waals surface area contributed by atoms with Gasteiger partial charge in [-0.05, 0) is 23.3 Å². The van der Waals surface area contributed by atoms with Crippen molar-refractivity contribution < 1.29 is 9.26 Å². The Bertz CT molecular complexity index is 1030. The van der Waals surface area contributed by atoms with Crippen LogP contribution in [0, 0.1) is 0 Å². The molecule has 0 bridgehead atoms. The van der Waals surface area contributed by atoms with Crippen LogP contribution in [0.1, 0.15) is 0 Å². The zero-order valence-electron chi connectivity index (χ0n) is 14.0. The van der Waals surface area contributed by atoms with Gasteiger partial charge in [0.05, 0.1) is 12.7 Å². The summed E-state index contributed by atoms with van der Waals surface area (Å²) >= 11 is 0. The number of hydrogen-bond donors (Lipinski definition) is 1. The minimum absolute atomic E-state index is 0.187. The van der Waals surface area contributed by atoms with Gasteiger partial charge in [-0.2, -0.15) is 9.97 Å². The lowest BCUT2D eigenvalue weighted by Crippen LogP contribution is -2.00. The Balaban J connectivity index is 1.62. The molecule has 0 aliphatic rings. The zero-order chi connectivity index (χ0) is 17.9. The second-order valence-electron chi connectivity index (χ2n) is 5.52. The molecule has 0 radical (unpaired) electrons. The molecule has 128 valence electrons. The van der Waals surface area contributed by atoms with Crippen LogP contribution in [0.4, 0.5) is 5.82 Å². The summed E-state index contributed by atoms with van der Waals surface area (Å²) in [6.07, 6.45) is 1.51. The second-order valence-corrected chi connectivity index (χ2v) is 5.52. The Kier molecular flexibility index (Phi) is 4.03. The molecular formula is C19H15N5O2. The summed E-state index contributed by atoms with van der Waals surface area (Å²) in [4.78, 5) is 12.4. The molecule has 2 aromatic carbocycles. The van der Waals surface area contributed by atoms with Crippen LogP contribution in [0.2, 0.25) is 0 Å². The lowest BCUT2D eigenvalue weighted by Gasteiger charge is -2.02. The van der Waals surface area contributed by atoms with Crippen LogP contribution in [0.5, 0.6) is 6.01 Å². The van der Waals surface area contributed by atoms with Crippen LogP contribution in [-0.4, -0.2) is 27.2 Å². The molecule has 0 atom stereocenters. The van der Waals surface area contributed by atoms with Gasteiger partial charge in [0.15, 0.2) is 0 Å². The first-order valence-corrected chi connectivity index (χ1v) is 7.91. The molecule has 2 aromatic heterocycles. The van der Waals surface area contributed by atoms with Crippen molar-refractivity contribution in [2.24, 2.45) is 0 Å². The zero-order valence-corrected chi connectivity index (χ0v) is 14.0. The fraction of sp³-hybridized carbons (Fsp3) is 0.0526. The van der Waals surface area contributed by atoms with E-state index in [0.29, 0.717) is 17.3 Å². The predicted molar refractivity (Wildman–Crippen MR) is 97.2 cm³/mol. The molecule has 0 saturated carbocycles. The molecule has 0 unspecified atom stereocenters. The van der Waals surface area contributed by atoms with E-state index in [-0.39, 0.29) is 11.8 Å². The minimum atomic E-state index is 0.187. The smallest absolute Gasteiger partial charge is 0.318 e. The maximum Gasteiger partial charge on any atom is 0.318 e. The van der Waals surface area contributed by atoms with E-state index in [9.17, 15) is 0 Å². The number of ether oxygens (including phenoxy) is 1. The first kappa shape index (κ1) is 15.8. The van der Waals surface area contributed by atoms with Gasteiger partial charge < -0.3 is 15.0 Å². The summed E-state index contributed by atoms with van der Waals surface area (Å²) in [5.41, 5.74) is 9.47. The van der Waals surface area contributed by atoms with Crippen LogP contribution in [0.15, 0.2) is 65.3 Å². The number of benzene rings is 2. The Morgan fingerprint density at radius 2 is 1.58 bits per heavy atom. The average Bonchev–Trinajstić information content (AvgIpc) is 3.18. The molecule has 0 aliphatic heterocycles. The fourth-order valence-electron chi connectivity index (χ4n) is 2.53. The Morgan fingerprint density at radius 1 is 0.885 bits per heavy atom. The van der Waals surface area contributed by atoms with E-state index in [1.54, 1.807) is 0 Å². The van der Waals surface area contributed by atoms with Gasteiger partial charge in [-0.3, -0.25) is 0 Å².